The maximum atomic E-state index is 12.9. The number of carbonyl (C=O) groups is 2. The van der Waals surface area contributed by atoms with Crippen LogP contribution in [0.4, 0.5) is 0 Å². The van der Waals surface area contributed by atoms with Crippen molar-refractivity contribution >= 4 is 11.8 Å². The number of fused-ring (bicyclic) bond motifs is 1. The Morgan fingerprint density at radius 3 is 2.18 bits per heavy atom. The quantitative estimate of drug-likeness (QED) is 0.158. The van der Waals surface area contributed by atoms with Crippen molar-refractivity contribution < 1.29 is 24.2 Å². The molecule has 0 spiro atoms. The van der Waals surface area contributed by atoms with E-state index in [9.17, 15) is 14.7 Å². The number of pyridine rings is 1. The molecule has 4 aromatic carbocycles. The highest BCUT2D eigenvalue weighted by molar-refractivity contribution is 6.21. The van der Waals surface area contributed by atoms with E-state index < -0.39 is 6.29 Å². The van der Waals surface area contributed by atoms with Crippen LogP contribution in [-0.2, 0) is 29.0 Å². The zero-order valence-electron chi connectivity index (χ0n) is 27.4. The minimum absolute atomic E-state index is 0.000739. The Hall–Kier alpha value is -4.99. The van der Waals surface area contributed by atoms with E-state index in [0.717, 1.165) is 58.6 Å². The van der Waals surface area contributed by atoms with Crippen LogP contribution in [0.5, 0.6) is 0 Å². The lowest BCUT2D eigenvalue weighted by atomic mass is 9.99. The number of benzene rings is 4. The second-order valence-electron chi connectivity index (χ2n) is 12.7. The van der Waals surface area contributed by atoms with E-state index >= 15 is 0 Å². The number of imide groups is 1. The fourth-order valence-corrected chi connectivity index (χ4v) is 6.57. The van der Waals surface area contributed by atoms with Gasteiger partial charge in [-0.05, 0) is 65.2 Å². The van der Waals surface area contributed by atoms with E-state index in [2.05, 4.69) is 35.1 Å². The van der Waals surface area contributed by atoms with Gasteiger partial charge >= 0.3 is 0 Å². The summed E-state index contributed by atoms with van der Waals surface area (Å²) in [6.07, 6.45) is 2.61. The second-order valence-corrected chi connectivity index (χ2v) is 12.7. The number of aliphatic hydroxyl groups is 1. The normalized spacial score (nSPS) is 19.0. The van der Waals surface area contributed by atoms with Crippen molar-refractivity contribution in [1.29, 1.82) is 0 Å². The summed E-state index contributed by atoms with van der Waals surface area (Å²) in [5.41, 5.74) is 7.68. The molecule has 7 rings (SSSR count). The van der Waals surface area contributed by atoms with Crippen LogP contribution in [0.3, 0.4) is 0 Å². The Labute approximate surface area is 286 Å². The second kappa shape index (κ2) is 14.6. The predicted octanol–water partition coefficient (Wildman–Crippen LogP) is 6.76. The Morgan fingerprint density at radius 1 is 0.776 bits per heavy atom. The van der Waals surface area contributed by atoms with Gasteiger partial charge < -0.3 is 19.5 Å². The van der Waals surface area contributed by atoms with Gasteiger partial charge in [0.15, 0.2) is 6.29 Å². The van der Waals surface area contributed by atoms with Crippen LogP contribution in [0.25, 0.3) is 11.1 Å². The number of amides is 2. The molecular formula is C41H39N3O5. The number of carbonyl (C=O) groups excluding carboxylic acids is 2. The first-order valence-electron chi connectivity index (χ1n) is 16.7. The van der Waals surface area contributed by atoms with Crippen molar-refractivity contribution in [3.05, 3.63) is 161 Å². The first kappa shape index (κ1) is 32.6. The molecule has 8 heteroatoms. The number of ether oxygens (including phenoxy) is 2. The maximum absolute atomic E-state index is 12.9. The van der Waals surface area contributed by atoms with Gasteiger partial charge in [-0.25, -0.2) is 0 Å². The highest BCUT2D eigenvalue weighted by atomic mass is 16.7. The summed E-state index contributed by atoms with van der Waals surface area (Å²) in [5, 5.41) is 9.55. The molecule has 1 aromatic heterocycles. The van der Waals surface area contributed by atoms with Crippen molar-refractivity contribution in [3.63, 3.8) is 0 Å². The zero-order valence-corrected chi connectivity index (χ0v) is 27.4. The highest BCUT2D eigenvalue weighted by Crippen LogP contribution is 2.39. The third-order valence-electron chi connectivity index (χ3n) is 9.27. The standard InChI is InChI=1S/C41H39N3O5/c1-43(22-20-34-9-4-5-21-42-34)26-35-24-38(31-14-12-28(27-45)13-15-31)49-41(48-35)32-18-16-30(17-19-32)33-8-6-7-29(23-33)25-44-39(46)36-10-2-3-11-37(36)40(44)47/h2-19,21,23,35,38,41,45H,20,22,24-27H2,1H3. The monoisotopic (exact) mass is 653 g/mol. The molecule has 3 unspecified atom stereocenters. The Morgan fingerprint density at radius 2 is 1.49 bits per heavy atom. The number of aromatic nitrogens is 1. The lowest BCUT2D eigenvalue weighted by molar-refractivity contribution is -0.252. The molecule has 248 valence electrons. The first-order chi connectivity index (χ1) is 23.9. The van der Waals surface area contributed by atoms with E-state index in [1.165, 1.54) is 4.90 Å². The summed E-state index contributed by atoms with van der Waals surface area (Å²) in [4.78, 5) is 33.9. The average molecular weight is 654 g/mol. The molecule has 3 atom stereocenters. The van der Waals surface area contributed by atoms with E-state index in [1.54, 1.807) is 24.3 Å². The van der Waals surface area contributed by atoms with Crippen LogP contribution in [0.15, 0.2) is 121 Å². The van der Waals surface area contributed by atoms with Crippen molar-refractivity contribution in [3.8, 4) is 11.1 Å². The number of aliphatic hydroxyl groups excluding tert-OH is 1. The Balaban J connectivity index is 1.06. The number of hydrogen-bond acceptors (Lipinski definition) is 7. The topological polar surface area (TPSA) is 92.2 Å². The number of hydrogen-bond donors (Lipinski definition) is 1. The summed E-state index contributed by atoms with van der Waals surface area (Å²) in [5.74, 6) is -0.522. The summed E-state index contributed by atoms with van der Waals surface area (Å²) in [7, 11) is 2.11. The molecule has 1 N–H and O–H groups in total. The minimum atomic E-state index is -0.556. The molecule has 3 heterocycles. The molecule has 2 aliphatic heterocycles. The van der Waals surface area contributed by atoms with Gasteiger partial charge in [0, 0.05) is 43.4 Å². The van der Waals surface area contributed by atoms with Gasteiger partial charge in [0.25, 0.3) is 11.8 Å². The first-order valence-corrected chi connectivity index (χ1v) is 16.7. The van der Waals surface area contributed by atoms with Gasteiger partial charge in [-0.2, -0.15) is 0 Å². The van der Waals surface area contributed by atoms with Crippen molar-refractivity contribution in [2.75, 3.05) is 20.1 Å². The Bertz CT molecular complexity index is 1880. The zero-order chi connectivity index (χ0) is 33.7. The van der Waals surface area contributed by atoms with Gasteiger partial charge in [0.1, 0.15) is 0 Å². The summed E-state index contributed by atoms with van der Waals surface area (Å²) in [6, 6.07) is 37.0. The lowest BCUT2D eigenvalue weighted by Gasteiger charge is -2.38. The van der Waals surface area contributed by atoms with Crippen molar-refractivity contribution in [1.82, 2.24) is 14.8 Å². The molecule has 1 fully saturated rings. The molecule has 5 aromatic rings. The van der Waals surface area contributed by atoms with Crippen LogP contribution in [0.2, 0.25) is 0 Å². The average Bonchev–Trinajstić information content (AvgIpc) is 3.39. The SMILES string of the molecule is CN(CCc1ccccn1)CC1CC(c2ccc(CO)cc2)OC(c2ccc(-c3cccc(CN4C(=O)c5ccccc5C4=O)c3)cc2)O1. The summed E-state index contributed by atoms with van der Waals surface area (Å²) in [6.45, 7) is 1.81. The van der Waals surface area contributed by atoms with Crippen LogP contribution < -0.4 is 0 Å². The Kier molecular flexibility index (Phi) is 9.72. The van der Waals surface area contributed by atoms with E-state index in [0.29, 0.717) is 17.5 Å². The highest BCUT2D eigenvalue weighted by Gasteiger charge is 2.35. The number of nitrogens with zero attached hydrogens (tertiary/aromatic N) is 3. The minimum Gasteiger partial charge on any atom is -0.392 e. The van der Waals surface area contributed by atoms with Crippen LogP contribution in [0, 0.1) is 0 Å². The molecule has 1 saturated heterocycles. The van der Waals surface area contributed by atoms with Crippen molar-refractivity contribution in [2.24, 2.45) is 0 Å². The van der Waals surface area contributed by atoms with E-state index in [1.807, 2.05) is 79.0 Å². The van der Waals surface area contributed by atoms with Gasteiger partial charge in [0.05, 0.1) is 36.5 Å². The third-order valence-corrected chi connectivity index (χ3v) is 9.27. The molecule has 8 nitrogen and oxygen atoms in total. The molecule has 49 heavy (non-hydrogen) atoms. The van der Waals surface area contributed by atoms with Crippen LogP contribution in [-0.4, -0.2) is 57.9 Å². The third kappa shape index (κ3) is 7.38. The fourth-order valence-electron chi connectivity index (χ4n) is 6.57. The van der Waals surface area contributed by atoms with Gasteiger partial charge in [0.2, 0.25) is 0 Å². The van der Waals surface area contributed by atoms with Gasteiger partial charge in [-0.15, -0.1) is 0 Å². The van der Waals surface area contributed by atoms with E-state index in [4.69, 9.17) is 9.47 Å². The molecule has 0 radical (unpaired) electrons. The lowest BCUT2D eigenvalue weighted by Crippen LogP contribution is -2.38. The van der Waals surface area contributed by atoms with E-state index in [-0.39, 0.29) is 37.2 Å². The predicted molar refractivity (Wildman–Crippen MR) is 186 cm³/mol. The molecule has 0 bridgehead atoms. The summed E-state index contributed by atoms with van der Waals surface area (Å²) >= 11 is 0. The largest absolute Gasteiger partial charge is 0.392 e. The summed E-state index contributed by atoms with van der Waals surface area (Å²) < 4.78 is 13.2. The van der Waals surface area contributed by atoms with Gasteiger partial charge in [-0.1, -0.05) is 84.9 Å². The molecular weight excluding hydrogens is 614 g/mol. The number of likely N-dealkylation sites (N-methyl/N-ethyl adjacent to an activating group) is 1. The molecule has 0 saturated carbocycles. The maximum Gasteiger partial charge on any atom is 0.261 e. The molecule has 2 aliphatic rings. The molecule has 2 amide bonds. The molecule has 0 aliphatic carbocycles. The fraction of sp³-hybridized carbons (Fsp3) is 0.244. The van der Waals surface area contributed by atoms with Gasteiger partial charge in [-0.3, -0.25) is 19.5 Å². The number of rotatable bonds is 11. The smallest absolute Gasteiger partial charge is 0.261 e. The van der Waals surface area contributed by atoms with Crippen molar-refractivity contribution in [2.45, 2.75) is 44.5 Å². The van der Waals surface area contributed by atoms with Crippen LogP contribution >= 0.6 is 0 Å². The van der Waals surface area contributed by atoms with Crippen LogP contribution in [0.1, 0.15) is 67.5 Å².